The number of carbonyl (C=O) groups is 1. The number of ether oxygens (including phenoxy) is 1. The van der Waals surface area contributed by atoms with E-state index in [1.54, 1.807) is 12.1 Å². The zero-order valence-electron chi connectivity index (χ0n) is 16.8. The van der Waals surface area contributed by atoms with Crippen molar-refractivity contribution in [1.82, 2.24) is 5.43 Å². The van der Waals surface area contributed by atoms with Crippen molar-refractivity contribution >= 4 is 66.8 Å². The largest absolute Gasteiger partial charge is 0.488 e. The molecule has 10 heteroatoms. The van der Waals surface area contributed by atoms with Gasteiger partial charge >= 0.3 is 0 Å². The molecule has 4 rings (SSSR count). The Kier molecular flexibility index (Phi) is 7.02. The fourth-order valence-corrected chi connectivity index (χ4v) is 4.50. The Labute approximate surface area is 205 Å². The van der Waals surface area contributed by atoms with Crippen LogP contribution >= 0.6 is 38.9 Å². The smallest absolute Gasteiger partial charge is 0.281 e. The van der Waals surface area contributed by atoms with Gasteiger partial charge < -0.3 is 4.74 Å². The van der Waals surface area contributed by atoms with Crippen molar-refractivity contribution in [2.75, 3.05) is 0 Å². The number of rotatable bonds is 7. The van der Waals surface area contributed by atoms with E-state index in [1.807, 2.05) is 42.5 Å². The molecule has 3 aromatic carbocycles. The highest BCUT2D eigenvalue weighted by molar-refractivity contribution is 9.10. The summed E-state index contributed by atoms with van der Waals surface area (Å²) in [6.07, 6.45) is 1.52. The number of carbonyl (C=O) groups excluding carboxylic acids is 1. The molecule has 0 saturated heterocycles. The number of fused-ring (bicyclic) bond motifs is 1. The number of non-ortho nitro benzene ring substituents is 1. The van der Waals surface area contributed by atoms with Gasteiger partial charge in [0, 0.05) is 27.2 Å². The van der Waals surface area contributed by atoms with Crippen molar-refractivity contribution in [1.29, 1.82) is 0 Å². The van der Waals surface area contributed by atoms with Crippen molar-refractivity contribution in [3.05, 3.63) is 102 Å². The van der Waals surface area contributed by atoms with Crippen LogP contribution in [0.4, 0.5) is 5.69 Å². The number of nitrogens with one attached hydrogen (secondary N) is 1. The Morgan fingerprint density at radius 2 is 1.94 bits per heavy atom. The molecule has 0 aliphatic heterocycles. The van der Waals surface area contributed by atoms with Crippen molar-refractivity contribution < 1.29 is 14.5 Å². The van der Waals surface area contributed by atoms with Gasteiger partial charge in [-0.15, -0.1) is 11.3 Å². The molecule has 0 atom stereocenters. The molecule has 33 heavy (non-hydrogen) atoms. The Morgan fingerprint density at radius 3 is 2.67 bits per heavy atom. The molecule has 166 valence electrons. The second-order valence-electron chi connectivity index (χ2n) is 6.89. The van der Waals surface area contributed by atoms with Crippen molar-refractivity contribution in [2.24, 2.45) is 5.10 Å². The van der Waals surface area contributed by atoms with E-state index in [1.165, 1.54) is 29.7 Å². The van der Waals surface area contributed by atoms with E-state index in [4.69, 9.17) is 16.3 Å². The Bertz CT molecular complexity index is 1370. The SMILES string of the molecule is O=C(N/N=C\c1ccc(OCc2ccc(Cl)cc2)c(Br)c1)c1cc2cc([N+](=O)[O-])ccc2s1. The van der Waals surface area contributed by atoms with Gasteiger partial charge in [0.1, 0.15) is 12.4 Å². The zero-order valence-corrected chi connectivity index (χ0v) is 20.0. The first-order chi connectivity index (χ1) is 15.9. The molecule has 0 fully saturated rings. The summed E-state index contributed by atoms with van der Waals surface area (Å²) in [6, 6.07) is 19.0. The average Bonchev–Trinajstić information content (AvgIpc) is 3.23. The van der Waals surface area contributed by atoms with E-state index in [0.717, 1.165) is 20.3 Å². The third kappa shape index (κ3) is 5.75. The molecule has 0 saturated carbocycles. The minimum absolute atomic E-state index is 0.0172. The highest BCUT2D eigenvalue weighted by Gasteiger charge is 2.13. The topological polar surface area (TPSA) is 93.8 Å². The zero-order chi connectivity index (χ0) is 23.4. The minimum Gasteiger partial charge on any atom is -0.488 e. The lowest BCUT2D eigenvalue weighted by Crippen LogP contribution is -2.16. The Balaban J connectivity index is 1.37. The molecule has 4 aromatic rings. The molecular weight excluding hydrogens is 530 g/mol. The molecule has 0 spiro atoms. The normalized spacial score (nSPS) is 11.1. The fourth-order valence-electron chi connectivity index (χ4n) is 2.93. The molecule has 7 nitrogen and oxygen atoms in total. The van der Waals surface area contributed by atoms with Gasteiger partial charge in [0.25, 0.3) is 11.6 Å². The van der Waals surface area contributed by atoms with Gasteiger partial charge in [-0.1, -0.05) is 23.7 Å². The molecule has 1 N–H and O–H groups in total. The van der Waals surface area contributed by atoms with Gasteiger partial charge in [-0.25, -0.2) is 5.43 Å². The third-order valence-electron chi connectivity index (χ3n) is 4.58. The van der Waals surface area contributed by atoms with Gasteiger partial charge in [-0.05, 0) is 69.5 Å². The summed E-state index contributed by atoms with van der Waals surface area (Å²) in [5.41, 5.74) is 4.22. The van der Waals surface area contributed by atoms with Crippen LogP contribution in [0.2, 0.25) is 5.02 Å². The maximum atomic E-state index is 12.4. The summed E-state index contributed by atoms with van der Waals surface area (Å²) < 4.78 is 7.36. The standard InChI is InChI=1S/C23H15BrClN3O4S/c24-19-9-15(3-7-20(19)32-13-14-1-4-17(25)5-2-14)12-26-27-23(29)22-11-16-10-18(28(30)31)6-8-21(16)33-22/h1-12H,13H2,(H,27,29)/b26-12-. The number of halogens is 2. The molecular formula is C23H15BrClN3O4S. The van der Waals surface area contributed by atoms with Crippen LogP contribution in [-0.4, -0.2) is 17.0 Å². The predicted molar refractivity (Wildman–Crippen MR) is 133 cm³/mol. The summed E-state index contributed by atoms with van der Waals surface area (Å²) in [4.78, 5) is 23.3. The van der Waals surface area contributed by atoms with E-state index >= 15 is 0 Å². The molecule has 0 radical (unpaired) electrons. The number of nitro groups is 1. The number of hydrogen-bond donors (Lipinski definition) is 1. The van der Waals surface area contributed by atoms with Gasteiger partial charge in [0.15, 0.2) is 0 Å². The second kappa shape index (κ2) is 10.1. The first-order valence-corrected chi connectivity index (χ1v) is 11.6. The number of amides is 1. The molecule has 1 heterocycles. The second-order valence-corrected chi connectivity index (χ2v) is 9.27. The van der Waals surface area contributed by atoms with Crippen LogP contribution in [0.1, 0.15) is 20.8 Å². The van der Waals surface area contributed by atoms with Gasteiger partial charge in [-0.2, -0.15) is 5.10 Å². The summed E-state index contributed by atoms with van der Waals surface area (Å²) >= 11 is 10.6. The molecule has 0 unspecified atom stereocenters. The lowest BCUT2D eigenvalue weighted by Gasteiger charge is -2.09. The molecule has 1 amide bonds. The van der Waals surface area contributed by atoms with E-state index in [0.29, 0.717) is 27.6 Å². The van der Waals surface area contributed by atoms with Crippen molar-refractivity contribution in [3.63, 3.8) is 0 Å². The fraction of sp³-hybridized carbons (Fsp3) is 0.0435. The quantitative estimate of drug-likeness (QED) is 0.162. The van der Waals surface area contributed by atoms with Crippen LogP contribution < -0.4 is 10.2 Å². The van der Waals surface area contributed by atoms with E-state index in [2.05, 4.69) is 26.5 Å². The van der Waals surface area contributed by atoms with Crippen molar-refractivity contribution in [3.8, 4) is 5.75 Å². The monoisotopic (exact) mass is 543 g/mol. The van der Waals surface area contributed by atoms with Crippen molar-refractivity contribution in [2.45, 2.75) is 6.61 Å². The van der Waals surface area contributed by atoms with Crippen LogP contribution in [0.5, 0.6) is 5.75 Å². The van der Waals surface area contributed by atoms with Crippen LogP contribution in [-0.2, 0) is 6.61 Å². The van der Waals surface area contributed by atoms with Gasteiger partial charge in [0.05, 0.1) is 20.5 Å². The lowest BCUT2D eigenvalue weighted by molar-refractivity contribution is -0.384. The van der Waals surface area contributed by atoms with Gasteiger partial charge in [-0.3, -0.25) is 14.9 Å². The summed E-state index contributed by atoms with van der Waals surface area (Å²) in [6.45, 7) is 0.400. The number of nitro benzene ring substituents is 1. The molecule has 0 aliphatic carbocycles. The van der Waals surface area contributed by atoms with E-state index < -0.39 is 10.8 Å². The summed E-state index contributed by atoms with van der Waals surface area (Å²) in [5.74, 6) is 0.280. The maximum absolute atomic E-state index is 12.4. The van der Waals surface area contributed by atoms with Crippen LogP contribution in [0.3, 0.4) is 0 Å². The average molecular weight is 545 g/mol. The number of benzene rings is 3. The minimum atomic E-state index is -0.465. The number of nitrogens with zero attached hydrogens (tertiary/aromatic N) is 2. The van der Waals surface area contributed by atoms with E-state index in [-0.39, 0.29) is 5.69 Å². The first-order valence-electron chi connectivity index (χ1n) is 9.57. The van der Waals surface area contributed by atoms with Crippen LogP contribution in [0.25, 0.3) is 10.1 Å². The number of hydrazone groups is 1. The van der Waals surface area contributed by atoms with Gasteiger partial charge in [0.2, 0.25) is 0 Å². The van der Waals surface area contributed by atoms with Crippen LogP contribution in [0, 0.1) is 10.1 Å². The first kappa shape index (κ1) is 22.9. The summed E-state index contributed by atoms with van der Waals surface area (Å²) in [5, 5.41) is 16.2. The van der Waals surface area contributed by atoms with E-state index in [9.17, 15) is 14.9 Å². The predicted octanol–water partition coefficient (Wildman–Crippen LogP) is 6.57. The lowest BCUT2D eigenvalue weighted by atomic mass is 10.2. The molecule has 0 aliphatic rings. The molecule has 0 bridgehead atoms. The highest BCUT2D eigenvalue weighted by atomic mass is 79.9. The Morgan fingerprint density at radius 1 is 1.15 bits per heavy atom. The number of thiophene rings is 1. The Hall–Kier alpha value is -3.27. The summed E-state index contributed by atoms with van der Waals surface area (Å²) in [7, 11) is 0. The number of hydrogen-bond acceptors (Lipinski definition) is 6. The maximum Gasteiger partial charge on any atom is 0.281 e. The molecule has 1 aromatic heterocycles. The highest BCUT2D eigenvalue weighted by Crippen LogP contribution is 2.29. The third-order valence-corrected chi connectivity index (χ3v) is 6.56. The van der Waals surface area contributed by atoms with Crippen LogP contribution in [0.15, 0.2) is 76.3 Å².